The van der Waals surface area contributed by atoms with Crippen molar-refractivity contribution in [3.05, 3.63) is 50.9 Å². The second kappa shape index (κ2) is 8.39. The van der Waals surface area contributed by atoms with Crippen LogP contribution in [0.5, 0.6) is 5.75 Å². The molecule has 1 aromatic carbocycles. The van der Waals surface area contributed by atoms with Crippen LogP contribution >= 0.6 is 11.6 Å². The minimum absolute atomic E-state index is 0.0443. The van der Waals surface area contributed by atoms with Crippen LogP contribution < -0.4 is 10.3 Å². The Kier molecular flexibility index (Phi) is 6.14. The Morgan fingerprint density at radius 2 is 1.86 bits per heavy atom. The van der Waals surface area contributed by atoms with Crippen molar-refractivity contribution in [2.45, 2.75) is 52.4 Å². The van der Waals surface area contributed by atoms with Gasteiger partial charge in [0.05, 0.1) is 12.1 Å². The number of rotatable bonds is 7. The molecule has 2 heterocycles. The van der Waals surface area contributed by atoms with Gasteiger partial charge >= 0.3 is 0 Å². The fourth-order valence-corrected chi connectivity index (χ4v) is 4.17. The quantitative estimate of drug-likeness (QED) is 0.535. The first kappa shape index (κ1) is 20.5. The number of benzene rings is 1. The topological polar surface area (TPSA) is 48.5 Å². The van der Waals surface area contributed by atoms with Crippen molar-refractivity contribution in [2.75, 3.05) is 7.11 Å². The monoisotopic (exact) mass is 401 g/mol. The van der Waals surface area contributed by atoms with Crippen molar-refractivity contribution < 1.29 is 4.74 Å². The molecule has 0 atom stereocenters. The molecule has 2 aromatic heterocycles. The van der Waals surface area contributed by atoms with Gasteiger partial charge in [-0.3, -0.25) is 9.36 Å². The molecule has 0 aliphatic rings. The molecule has 0 fully saturated rings. The van der Waals surface area contributed by atoms with Crippen molar-refractivity contribution in [3.63, 3.8) is 0 Å². The summed E-state index contributed by atoms with van der Waals surface area (Å²) in [5.74, 6) is 1.59. The van der Waals surface area contributed by atoms with Gasteiger partial charge in [-0.2, -0.15) is 0 Å². The third-order valence-electron chi connectivity index (χ3n) is 5.33. The zero-order chi connectivity index (χ0) is 20.4. The van der Waals surface area contributed by atoms with Crippen LogP contribution in [0.4, 0.5) is 0 Å². The number of halogens is 1. The second-order valence-corrected chi connectivity index (χ2v) is 7.72. The van der Waals surface area contributed by atoms with Crippen molar-refractivity contribution in [1.29, 1.82) is 0 Å². The lowest BCUT2D eigenvalue weighted by Gasteiger charge is -2.16. The van der Waals surface area contributed by atoms with Gasteiger partial charge in [0.1, 0.15) is 11.3 Å². The summed E-state index contributed by atoms with van der Waals surface area (Å²) in [6.07, 6.45) is 4.33. The van der Waals surface area contributed by atoms with Crippen molar-refractivity contribution in [2.24, 2.45) is 7.05 Å². The van der Waals surface area contributed by atoms with Gasteiger partial charge in [0, 0.05) is 18.3 Å². The lowest BCUT2D eigenvalue weighted by Crippen LogP contribution is -2.24. The van der Waals surface area contributed by atoms with Crippen LogP contribution in [0.25, 0.3) is 16.9 Å². The number of hydrogen-bond acceptors (Lipinski definition) is 3. The lowest BCUT2D eigenvalue weighted by molar-refractivity contribution is 0.415. The van der Waals surface area contributed by atoms with E-state index in [1.54, 1.807) is 29.3 Å². The van der Waals surface area contributed by atoms with E-state index in [9.17, 15) is 4.79 Å². The van der Waals surface area contributed by atoms with Crippen LogP contribution in [0.15, 0.2) is 29.1 Å². The van der Waals surface area contributed by atoms with Gasteiger partial charge in [-0.25, -0.2) is 4.52 Å². The number of methoxy groups -OCH3 is 1. The molecule has 3 rings (SSSR count). The highest BCUT2D eigenvalue weighted by Gasteiger charge is 2.22. The Balaban J connectivity index is 2.24. The largest absolute Gasteiger partial charge is 0.497 e. The Morgan fingerprint density at radius 3 is 2.43 bits per heavy atom. The molecular weight excluding hydrogens is 374 g/mol. The molecule has 0 aliphatic heterocycles. The van der Waals surface area contributed by atoms with Crippen molar-refractivity contribution >= 4 is 17.1 Å². The Hall–Kier alpha value is -2.27. The van der Waals surface area contributed by atoms with Crippen LogP contribution in [0.1, 0.15) is 56.7 Å². The molecular formula is C22H28ClN3O2. The molecule has 0 spiro atoms. The number of hydrogen-bond donors (Lipinski definition) is 0. The number of aromatic nitrogens is 3. The SMILES string of the molecule is CCCC(CCC)c1cc(C)n2nc(-c3ccc(OC)cc3Cl)n(C)c(=O)c12. The van der Waals surface area contributed by atoms with Crippen molar-refractivity contribution in [3.8, 4) is 17.1 Å². The van der Waals surface area contributed by atoms with Crippen LogP contribution in [-0.4, -0.2) is 21.3 Å². The summed E-state index contributed by atoms with van der Waals surface area (Å²) in [7, 11) is 3.35. The molecule has 0 aliphatic carbocycles. The lowest BCUT2D eigenvalue weighted by atomic mass is 9.91. The van der Waals surface area contributed by atoms with Crippen LogP contribution in [0.2, 0.25) is 5.02 Å². The number of fused-ring (bicyclic) bond motifs is 1. The highest BCUT2D eigenvalue weighted by Crippen LogP contribution is 2.32. The van der Waals surface area contributed by atoms with Gasteiger partial charge in [0.25, 0.3) is 5.56 Å². The summed E-state index contributed by atoms with van der Waals surface area (Å²) in [4.78, 5) is 13.3. The minimum Gasteiger partial charge on any atom is -0.497 e. The summed E-state index contributed by atoms with van der Waals surface area (Å²) in [5, 5.41) is 5.30. The van der Waals surface area contributed by atoms with E-state index in [-0.39, 0.29) is 5.56 Å². The molecule has 3 aromatic rings. The minimum atomic E-state index is -0.0443. The van der Waals surface area contributed by atoms with Crippen LogP contribution in [-0.2, 0) is 7.05 Å². The highest BCUT2D eigenvalue weighted by molar-refractivity contribution is 6.33. The molecule has 6 heteroatoms. The van der Waals surface area contributed by atoms with Crippen molar-refractivity contribution in [1.82, 2.24) is 14.2 Å². The second-order valence-electron chi connectivity index (χ2n) is 7.31. The first-order valence-corrected chi connectivity index (χ1v) is 10.2. The van der Waals surface area contributed by atoms with E-state index >= 15 is 0 Å². The normalized spacial score (nSPS) is 11.5. The zero-order valence-electron chi connectivity index (χ0n) is 17.3. The molecule has 0 saturated carbocycles. The number of ether oxygens (including phenoxy) is 1. The van der Waals surface area contributed by atoms with E-state index in [4.69, 9.17) is 21.4 Å². The standard InChI is InChI=1S/C22H28ClN3O2/c1-6-8-15(9-7-2)18-12-14(3)26-20(18)22(27)25(4)21(24-26)17-11-10-16(28-5)13-19(17)23/h10-13,15H,6-9H2,1-5H3. The first-order valence-electron chi connectivity index (χ1n) is 9.86. The molecule has 0 radical (unpaired) electrons. The summed E-state index contributed by atoms with van der Waals surface area (Å²) < 4.78 is 8.61. The Bertz CT molecular complexity index is 1050. The maximum Gasteiger partial charge on any atom is 0.278 e. The average Bonchev–Trinajstić information content (AvgIpc) is 3.01. The summed E-state index contributed by atoms with van der Waals surface area (Å²) in [6.45, 7) is 6.37. The van der Waals surface area contributed by atoms with Gasteiger partial charge in [0.15, 0.2) is 5.82 Å². The number of nitrogens with zero attached hydrogens (tertiary/aromatic N) is 3. The summed E-state index contributed by atoms with van der Waals surface area (Å²) >= 11 is 6.45. The average molecular weight is 402 g/mol. The molecule has 0 saturated heterocycles. The van der Waals surface area contributed by atoms with Gasteiger partial charge in [-0.15, -0.1) is 5.10 Å². The van der Waals surface area contributed by atoms with Crippen LogP contribution in [0, 0.1) is 6.92 Å². The van der Waals surface area contributed by atoms with Gasteiger partial charge in [0.2, 0.25) is 0 Å². The maximum absolute atomic E-state index is 13.3. The molecule has 0 unspecified atom stereocenters. The molecule has 0 bridgehead atoms. The predicted molar refractivity (Wildman–Crippen MR) is 115 cm³/mol. The molecule has 0 N–H and O–H groups in total. The van der Waals surface area contributed by atoms with E-state index in [0.717, 1.165) is 36.9 Å². The van der Waals surface area contributed by atoms with E-state index in [1.165, 1.54) is 0 Å². The van der Waals surface area contributed by atoms with E-state index in [2.05, 4.69) is 19.9 Å². The number of aryl methyl sites for hydroxylation is 1. The van der Waals surface area contributed by atoms with E-state index < -0.39 is 0 Å². The summed E-state index contributed by atoms with van der Waals surface area (Å²) in [5.41, 5.74) is 3.42. The Morgan fingerprint density at radius 1 is 1.18 bits per heavy atom. The van der Waals surface area contributed by atoms with E-state index in [1.807, 2.05) is 19.1 Å². The van der Waals surface area contributed by atoms with Crippen LogP contribution in [0.3, 0.4) is 0 Å². The fourth-order valence-electron chi connectivity index (χ4n) is 3.92. The molecule has 0 amide bonds. The van der Waals surface area contributed by atoms with Gasteiger partial charge in [-0.05, 0) is 55.5 Å². The predicted octanol–water partition coefficient (Wildman–Crippen LogP) is 5.35. The third kappa shape index (κ3) is 3.55. The fraction of sp³-hybridized carbons (Fsp3) is 0.455. The maximum atomic E-state index is 13.3. The zero-order valence-corrected chi connectivity index (χ0v) is 18.0. The summed E-state index contributed by atoms with van der Waals surface area (Å²) in [6, 6.07) is 7.52. The molecule has 28 heavy (non-hydrogen) atoms. The van der Waals surface area contributed by atoms with Gasteiger partial charge < -0.3 is 4.74 Å². The smallest absolute Gasteiger partial charge is 0.278 e. The Labute approximate surface area is 170 Å². The third-order valence-corrected chi connectivity index (χ3v) is 5.65. The highest BCUT2D eigenvalue weighted by atomic mass is 35.5. The first-order chi connectivity index (χ1) is 13.4. The van der Waals surface area contributed by atoms with E-state index in [0.29, 0.717) is 33.6 Å². The van der Waals surface area contributed by atoms with Gasteiger partial charge in [-0.1, -0.05) is 38.3 Å². The molecule has 5 nitrogen and oxygen atoms in total. The molecule has 150 valence electrons.